The van der Waals surface area contributed by atoms with Crippen molar-refractivity contribution in [2.45, 2.75) is 0 Å². The zero-order valence-electron chi connectivity index (χ0n) is 8.54. The molecule has 0 fully saturated rings. The van der Waals surface area contributed by atoms with Gasteiger partial charge in [0, 0.05) is 12.4 Å². The maximum Gasteiger partial charge on any atom is 0.337 e. The number of aromatic amines is 1. The highest BCUT2D eigenvalue weighted by molar-refractivity contribution is 5.95. The average Bonchev–Trinajstić information content (AvgIpc) is 2.78. The summed E-state index contributed by atoms with van der Waals surface area (Å²) in [6.45, 7) is 0. The van der Waals surface area contributed by atoms with Crippen molar-refractivity contribution in [1.29, 1.82) is 0 Å². The first-order valence-corrected chi connectivity index (χ1v) is 4.89. The van der Waals surface area contributed by atoms with Crippen LogP contribution in [0.15, 0.2) is 35.4 Å². The molecular formula is C11H7N3O3. The van der Waals surface area contributed by atoms with Crippen molar-refractivity contribution < 1.29 is 9.90 Å². The van der Waals surface area contributed by atoms with Crippen LogP contribution in [0.4, 0.5) is 0 Å². The molecule has 0 atom stereocenters. The number of hydrogen-bond acceptors (Lipinski definition) is 3. The van der Waals surface area contributed by atoms with Crippen molar-refractivity contribution in [1.82, 2.24) is 14.4 Å². The first kappa shape index (κ1) is 9.59. The van der Waals surface area contributed by atoms with E-state index in [1.165, 1.54) is 16.7 Å². The van der Waals surface area contributed by atoms with Gasteiger partial charge in [-0.25, -0.2) is 9.59 Å². The Kier molecular flexibility index (Phi) is 1.79. The second-order valence-electron chi connectivity index (χ2n) is 3.62. The topological polar surface area (TPSA) is 87.5 Å². The Labute approximate surface area is 94.2 Å². The van der Waals surface area contributed by atoms with Gasteiger partial charge in [-0.15, -0.1) is 0 Å². The molecule has 3 rings (SSSR count). The van der Waals surface area contributed by atoms with E-state index in [0.717, 1.165) is 0 Å². The summed E-state index contributed by atoms with van der Waals surface area (Å²) in [7, 11) is 0. The third kappa shape index (κ3) is 1.31. The molecule has 2 N–H and O–H groups in total. The van der Waals surface area contributed by atoms with E-state index in [1.54, 1.807) is 18.3 Å². The number of aromatic nitrogens is 3. The van der Waals surface area contributed by atoms with Gasteiger partial charge in [0.15, 0.2) is 0 Å². The number of rotatable bonds is 1. The highest BCUT2D eigenvalue weighted by Gasteiger charge is 2.09. The Hall–Kier alpha value is -2.63. The number of carbonyl (C=O) groups is 1. The van der Waals surface area contributed by atoms with Gasteiger partial charge in [0.25, 0.3) is 0 Å². The van der Waals surface area contributed by atoms with Crippen molar-refractivity contribution in [3.8, 4) is 0 Å². The predicted octanol–water partition coefficient (Wildman–Crippen LogP) is 0.874. The molecule has 0 saturated heterocycles. The molecule has 84 valence electrons. The number of nitrogens with one attached hydrogen (secondary N) is 1. The Morgan fingerprint density at radius 3 is 3.06 bits per heavy atom. The van der Waals surface area contributed by atoms with Crippen LogP contribution in [0.5, 0.6) is 0 Å². The normalized spacial score (nSPS) is 11.1. The maximum absolute atomic E-state index is 11.7. The quantitative estimate of drug-likeness (QED) is 0.648. The largest absolute Gasteiger partial charge is 0.478 e. The molecule has 3 aromatic heterocycles. The van der Waals surface area contributed by atoms with E-state index >= 15 is 0 Å². The van der Waals surface area contributed by atoms with Crippen LogP contribution >= 0.6 is 0 Å². The molecule has 17 heavy (non-hydrogen) atoms. The third-order valence-electron chi connectivity index (χ3n) is 2.59. The Morgan fingerprint density at radius 1 is 1.47 bits per heavy atom. The van der Waals surface area contributed by atoms with Crippen molar-refractivity contribution in [2.75, 3.05) is 0 Å². The lowest BCUT2D eigenvalue weighted by molar-refractivity contribution is 0.0696. The van der Waals surface area contributed by atoms with Crippen LogP contribution in [0, 0.1) is 0 Å². The standard InChI is InChI=1S/C11H7N3O3/c15-10(16)6-4-7-9(12-5-6)8-2-1-3-14(8)11(17)13-7/h1-5H,(H,13,17)(H,15,16). The molecule has 0 unspecified atom stereocenters. The molecule has 0 amide bonds. The number of hydrogen-bond donors (Lipinski definition) is 2. The zero-order valence-corrected chi connectivity index (χ0v) is 8.54. The third-order valence-corrected chi connectivity index (χ3v) is 2.59. The van der Waals surface area contributed by atoms with Crippen molar-refractivity contribution in [3.05, 3.63) is 46.6 Å². The SMILES string of the molecule is O=C(O)c1cnc2c(c1)[nH]c(=O)n1cccc21. The van der Waals surface area contributed by atoms with Gasteiger partial charge in [-0.2, -0.15) is 0 Å². The minimum absolute atomic E-state index is 0.0454. The molecule has 6 heteroatoms. The monoisotopic (exact) mass is 229 g/mol. The summed E-state index contributed by atoms with van der Waals surface area (Å²) < 4.78 is 1.43. The van der Waals surface area contributed by atoms with Crippen LogP contribution in [0.3, 0.4) is 0 Å². The highest BCUT2D eigenvalue weighted by Crippen LogP contribution is 2.15. The number of nitrogens with zero attached hydrogens (tertiary/aromatic N) is 2. The lowest BCUT2D eigenvalue weighted by Gasteiger charge is -2.01. The van der Waals surface area contributed by atoms with E-state index in [1.807, 2.05) is 0 Å². The van der Waals surface area contributed by atoms with Crippen LogP contribution < -0.4 is 5.69 Å². The lowest BCUT2D eigenvalue weighted by atomic mass is 10.2. The molecule has 0 saturated carbocycles. The predicted molar refractivity (Wildman–Crippen MR) is 60.3 cm³/mol. The summed E-state index contributed by atoms with van der Waals surface area (Å²) in [4.78, 5) is 29.1. The number of fused-ring (bicyclic) bond motifs is 3. The van der Waals surface area contributed by atoms with Crippen molar-refractivity contribution >= 4 is 22.5 Å². The zero-order chi connectivity index (χ0) is 12.0. The van der Waals surface area contributed by atoms with E-state index in [0.29, 0.717) is 16.6 Å². The number of carboxylic acids is 1. The van der Waals surface area contributed by atoms with Crippen molar-refractivity contribution in [3.63, 3.8) is 0 Å². The van der Waals surface area contributed by atoms with Gasteiger partial charge in [0.2, 0.25) is 0 Å². The number of carboxylic acid groups (broad SMARTS) is 1. The summed E-state index contributed by atoms with van der Waals surface area (Å²) in [6, 6.07) is 4.89. The van der Waals surface area contributed by atoms with Gasteiger partial charge in [-0.3, -0.25) is 9.38 Å². The molecule has 0 spiro atoms. The summed E-state index contributed by atoms with van der Waals surface area (Å²) >= 11 is 0. The Balaban J connectivity index is 2.50. The van der Waals surface area contributed by atoms with E-state index in [4.69, 9.17) is 5.11 Å². The van der Waals surface area contributed by atoms with Crippen LogP contribution in [-0.2, 0) is 0 Å². The summed E-state index contributed by atoms with van der Waals surface area (Å²) in [5.41, 5.74) is 1.37. The second-order valence-corrected chi connectivity index (χ2v) is 3.62. The van der Waals surface area contributed by atoms with Crippen LogP contribution in [-0.4, -0.2) is 25.4 Å². The smallest absolute Gasteiger partial charge is 0.337 e. The highest BCUT2D eigenvalue weighted by atomic mass is 16.4. The van der Waals surface area contributed by atoms with Crippen LogP contribution in [0.2, 0.25) is 0 Å². The fourth-order valence-corrected chi connectivity index (χ4v) is 1.81. The average molecular weight is 229 g/mol. The number of H-pyrrole nitrogens is 1. The van der Waals surface area contributed by atoms with E-state index < -0.39 is 5.97 Å². The molecule has 0 aromatic carbocycles. The molecule has 0 aliphatic rings. The second kappa shape index (κ2) is 3.18. The lowest BCUT2D eigenvalue weighted by Crippen LogP contribution is -2.15. The van der Waals surface area contributed by atoms with Gasteiger partial charge in [0.05, 0.1) is 16.6 Å². The van der Waals surface area contributed by atoms with Crippen LogP contribution in [0.1, 0.15) is 10.4 Å². The van der Waals surface area contributed by atoms with Gasteiger partial charge < -0.3 is 10.1 Å². The number of pyridine rings is 1. The molecular weight excluding hydrogens is 222 g/mol. The van der Waals surface area contributed by atoms with Crippen LogP contribution in [0.25, 0.3) is 16.6 Å². The van der Waals surface area contributed by atoms with Gasteiger partial charge >= 0.3 is 11.7 Å². The number of aromatic carboxylic acids is 1. The summed E-state index contributed by atoms with van der Waals surface area (Å²) in [5, 5.41) is 8.85. The Bertz CT molecular complexity index is 800. The molecule has 3 heterocycles. The first-order valence-electron chi connectivity index (χ1n) is 4.89. The molecule has 0 aliphatic carbocycles. The molecule has 0 radical (unpaired) electrons. The summed E-state index contributed by atoms with van der Waals surface area (Å²) in [6.07, 6.45) is 2.90. The van der Waals surface area contributed by atoms with Crippen molar-refractivity contribution in [2.24, 2.45) is 0 Å². The minimum Gasteiger partial charge on any atom is -0.478 e. The minimum atomic E-state index is -1.07. The summed E-state index contributed by atoms with van der Waals surface area (Å²) in [5.74, 6) is -1.07. The van der Waals surface area contributed by atoms with Gasteiger partial charge in [-0.1, -0.05) is 0 Å². The van der Waals surface area contributed by atoms with E-state index in [2.05, 4.69) is 9.97 Å². The molecule has 0 bridgehead atoms. The first-order chi connectivity index (χ1) is 8.16. The molecule has 6 nitrogen and oxygen atoms in total. The maximum atomic E-state index is 11.7. The van der Waals surface area contributed by atoms with Gasteiger partial charge in [-0.05, 0) is 18.2 Å². The molecule has 3 aromatic rings. The fourth-order valence-electron chi connectivity index (χ4n) is 1.81. The van der Waals surface area contributed by atoms with E-state index in [9.17, 15) is 9.59 Å². The van der Waals surface area contributed by atoms with E-state index in [-0.39, 0.29) is 11.3 Å². The molecule has 0 aliphatic heterocycles. The fraction of sp³-hybridized carbons (Fsp3) is 0. The Morgan fingerprint density at radius 2 is 2.29 bits per heavy atom. The van der Waals surface area contributed by atoms with Gasteiger partial charge in [0.1, 0.15) is 5.52 Å².